The molecular formula is C12H10FN3S. The predicted octanol–water partition coefficient (Wildman–Crippen LogP) is 2.59. The Morgan fingerprint density at radius 1 is 1.53 bits per heavy atom. The van der Waals surface area contributed by atoms with E-state index in [2.05, 4.69) is 11.1 Å². The zero-order valence-corrected chi connectivity index (χ0v) is 10.0. The van der Waals surface area contributed by atoms with Crippen LogP contribution in [0.4, 0.5) is 4.39 Å². The average Bonchev–Trinajstić information content (AvgIpc) is 2.76. The first-order chi connectivity index (χ1) is 8.15. The number of aryl methyl sites for hydroxylation is 1. The van der Waals surface area contributed by atoms with Crippen molar-refractivity contribution in [2.75, 3.05) is 0 Å². The van der Waals surface area contributed by atoms with Crippen molar-refractivity contribution in [2.45, 2.75) is 13.5 Å². The van der Waals surface area contributed by atoms with Crippen LogP contribution in [0.1, 0.15) is 15.4 Å². The van der Waals surface area contributed by atoms with E-state index >= 15 is 0 Å². The molecule has 1 aromatic heterocycles. The number of nitrogens with zero attached hydrogens (tertiary/aromatic N) is 2. The highest BCUT2D eigenvalue weighted by Gasteiger charge is 2.12. The molecule has 2 N–H and O–H groups in total. The molecular weight excluding hydrogens is 237 g/mol. The molecule has 17 heavy (non-hydrogen) atoms. The highest BCUT2D eigenvalue weighted by molar-refractivity contribution is 7.12. The predicted molar refractivity (Wildman–Crippen MR) is 64.9 cm³/mol. The van der Waals surface area contributed by atoms with Gasteiger partial charge < -0.3 is 5.73 Å². The molecule has 0 unspecified atom stereocenters. The Labute approximate surface area is 102 Å². The first-order valence-corrected chi connectivity index (χ1v) is 5.83. The summed E-state index contributed by atoms with van der Waals surface area (Å²) < 4.78 is 13.2. The number of benzene rings is 1. The van der Waals surface area contributed by atoms with Crippen LogP contribution in [0, 0.1) is 24.1 Å². The van der Waals surface area contributed by atoms with Gasteiger partial charge in [-0.1, -0.05) is 0 Å². The lowest BCUT2D eigenvalue weighted by Crippen LogP contribution is -1.94. The summed E-state index contributed by atoms with van der Waals surface area (Å²) in [5, 5.41) is 9.72. The topological polar surface area (TPSA) is 62.7 Å². The lowest BCUT2D eigenvalue weighted by atomic mass is 10.1. The fraction of sp³-hybridized carbons (Fsp3) is 0.167. The third-order valence-electron chi connectivity index (χ3n) is 2.38. The number of hydrogen-bond donors (Lipinski definition) is 1. The van der Waals surface area contributed by atoms with E-state index in [1.54, 1.807) is 19.1 Å². The molecule has 86 valence electrons. The molecule has 0 atom stereocenters. The summed E-state index contributed by atoms with van der Waals surface area (Å²) in [6.45, 7) is 1.99. The summed E-state index contributed by atoms with van der Waals surface area (Å²) in [6, 6.07) is 6.78. The molecule has 0 amide bonds. The first kappa shape index (κ1) is 11.7. The first-order valence-electron chi connectivity index (χ1n) is 5.02. The fourth-order valence-electron chi connectivity index (χ4n) is 1.52. The minimum Gasteiger partial charge on any atom is -0.325 e. The molecule has 0 fully saturated rings. The number of nitrogens with two attached hydrogens (primary N) is 1. The average molecular weight is 247 g/mol. The van der Waals surface area contributed by atoms with Crippen molar-refractivity contribution in [3.8, 4) is 17.3 Å². The van der Waals surface area contributed by atoms with Gasteiger partial charge in [0.2, 0.25) is 0 Å². The summed E-state index contributed by atoms with van der Waals surface area (Å²) in [5.41, 5.74) is 7.36. The third-order valence-corrected chi connectivity index (χ3v) is 3.36. The van der Waals surface area contributed by atoms with Gasteiger partial charge in [-0.05, 0) is 30.7 Å². The van der Waals surface area contributed by atoms with E-state index in [0.29, 0.717) is 27.7 Å². The van der Waals surface area contributed by atoms with E-state index in [9.17, 15) is 4.39 Å². The number of thiazole rings is 1. The minimum atomic E-state index is -0.262. The Hall–Kier alpha value is -1.77. The summed E-state index contributed by atoms with van der Waals surface area (Å²) in [7, 11) is 0. The molecule has 1 aromatic carbocycles. The zero-order valence-electron chi connectivity index (χ0n) is 9.20. The van der Waals surface area contributed by atoms with Crippen LogP contribution in [0.15, 0.2) is 18.2 Å². The SMILES string of the molecule is Cc1cc(-c2nc(CN)sc2C#N)ccc1F. The van der Waals surface area contributed by atoms with Crippen LogP contribution >= 0.6 is 11.3 Å². The Bertz CT molecular complexity index is 598. The van der Waals surface area contributed by atoms with Crippen LogP contribution in [0.5, 0.6) is 0 Å². The second-order valence-electron chi connectivity index (χ2n) is 3.57. The smallest absolute Gasteiger partial charge is 0.132 e. The second kappa shape index (κ2) is 4.62. The van der Waals surface area contributed by atoms with Crippen LogP contribution in [0.3, 0.4) is 0 Å². The van der Waals surface area contributed by atoms with E-state index in [1.807, 2.05) is 0 Å². The van der Waals surface area contributed by atoms with Crippen molar-refractivity contribution in [1.82, 2.24) is 4.98 Å². The fourth-order valence-corrected chi connectivity index (χ4v) is 2.28. The molecule has 0 bridgehead atoms. The van der Waals surface area contributed by atoms with Gasteiger partial charge in [0.05, 0.1) is 5.69 Å². The maximum absolute atomic E-state index is 13.2. The van der Waals surface area contributed by atoms with Gasteiger partial charge in [-0.3, -0.25) is 0 Å². The highest BCUT2D eigenvalue weighted by Crippen LogP contribution is 2.28. The molecule has 5 heteroatoms. The van der Waals surface area contributed by atoms with E-state index in [-0.39, 0.29) is 5.82 Å². The summed E-state index contributed by atoms with van der Waals surface area (Å²) >= 11 is 1.27. The maximum atomic E-state index is 13.2. The zero-order chi connectivity index (χ0) is 12.4. The molecule has 0 spiro atoms. The highest BCUT2D eigenvalue weighted by atomic mass is 32.1. The van der Waals surface area contributed by atoms with Crippen LogP contribution in [-0.2, 0) is 6.54 Å². The Balaban J connectivity index is 2.56. The van der Waals surface area contributed by atoms with Gasteiger partial charge in [0, 0.05) is 12.1 Å². The van der Waals surface area contributed by atoms with Crippen molar-refractivity contribution in [3.63, 3.8) is 0 Å². The molecule has 3 nitrogen and oxygen atoms in total. The lowest BCUT2D eigenvalue weighted by molar-refractivity contribution is 0.619. The van der Waals surface area contributed by atoms with Gasteiger partial charge in [-0.25, -0.2) is 9.37 Å². The van der Waals surface area contributed by atoms with Crippen LogP contribution in [0.25, 0.3) is 11.3 Å². The van der Waals surface area contributed by atoms with Gasteiger partial charge in [0.25, 0.3) is 0 Å². The van der Waals surface area contributed by atoms with E-state index in [0.717, 1.165) is 5.56 Å². The molecule has 2 aromatic rings. The number of nitriles is 1. The molecule has 0 aliphatic rings. The summed E-state index contributed by atoms with van der Waals surface area (Å²) in [5.74, 6) is -0.262. The van der Waals surface area contributed by atoms with Gasteiger partial charge in [-0.2, -0.15) is 5.26 Å². The molecule has 0 saturated carbocycles. The molecule has 2 rings (SSSR count). The monoisotopic (exact) mass is 247 g/mol. The minimum absolute atomic E-state index is 0.262. The third kappa shape index (κ3) is 2.18. The van der Waals surface area contributed by atoms with Gasteiger partial charge in [0.15, 0.2) is 0 Å². The summed E-state index contributed by atoms with van der Waals surface area (Å²) in [6.07, 6.45) is 0. The van der Waals surface area contributed by atoms with Crippen LogP contribution < -0.4 is 5.73 Å². The van der Waals surface area contributed by atoms with E-state index in [1.165, 1.54) is 17.4 Å². The summed E-state index contributed by atoms with van der Waals surface area (Å²) in [4.78, 5) is 4.80. The molecule has 0 radical (unpaired) electrons. The quantitative estimate of drug-likeness (QED) is 0.887. The van der Waals surface area contributed by atoms with E-state index in [4.69, 9.17) is 11.0 Å². The Morgan fingerprint density at radius 3 is 2.88 bits per heavy atom. The lowest BCUT2D eigenvalue weighted by Gasteiger charge is -2.00. The standard InChI is InChI=1S/C12H10FN3S/c1-7-4-8(2-3-9(7)13)12-10(5-14)17-11(6-15)16-12/h2-4H,6,15H2,1H3. The van der Waals surface area contributed by atoms with E-state index < -0.39 is 0 Å². The largest absolute Gasteiger partial charge is 0.325 e. The van der Waals surface area contributed by atoms with Crippen LogP contribution in [-0.4, -0.2) is 4.98 Å². The van der Waals surface area contributed by atoms with Gasteiger partial charge >= 0.3 is 0 Å². The molecule has 0 aliphatic carbocycles. The molecule has 0 aliphatic heterocycles. The normalized spacial score (nSPS) is 10.2. The van der Waals surface area contributed by atoms with Crippen molar-refractivity contribution in [1.29, 1.82) is 5.26 Å². The number of rotatable bonds is 2. The van der Waals surface area contributed by atoms with Crippen molar-refractivity contribution in [2.24, 2.45) is 5.73 Å². The van der Waals surface area contributed by atoms with Gasteiger partial charge in [0.1, 0.15) is 21.8 Å². The van der Waals surface area contributed by atoms with Gasteiger partial charge in [-0.15, -0.1) is 11.3 Å². The number of hydrogen-bond acceptors (Lipinski definition) is 4. The molecule has 1 heterocycles. The second-order valence-corrected chi connectivity index (χ2v) is 4.65. The maximum Gasteiger partial charge on any atom is 0.132 e. The van der Waals surface area contributed by atoms with Crippen molar-refractivity contribution >= 4 is 11.3 Å². The molecule has 0 saturated heterocycles. The Morgan fingerprint density at radius 2 is 2.29 bits per heavy atom. The van der Waals surface area contributed by atoms with Crippen molar-refractivity contribution < 1.29 is 4.39 Å². The van der Waals surface area contributed by atoms with Crippen LogP contribution in [0.2, 0.25) is 0 Å². The number of aromatic nitrogens is 1. The Kier molecular flexibility index (Phi) is 3.18. The van der Waals surface area contributed by atoms with Crippen molar-refractivity contribution in [3.05, 3.63) is 39.5 Å². The number of halogens is 1.